The van der Waals surface area contributed by atoms with Gasteiger partial charge in [0, 0.05) is 12.6 Å². The van der Waals surface area contributed by atoms with Crippen LogP contribution in [0.2, 0.25) is 0 Å². The molecule has 1 aromatic carbocycles. The van der Waals surface area contributed by atoms with Crippen LogP contribution in [0.1, 0.15) is 43.7 Å². The maximum Gasteiger partial charge on any atom is 0.226 e. The molecule has 0 radical (unpaired) electrons. The first-order valence-electron chi connectivity index (χ1n) is 8.82. The summed E-state index contributed by atoms with van der Waals surface area (Å²) in [6.07, 6.45) is 3.58. The molecule has 1 aliphatic rings. The van der Waals surface area contributed by atoms with Crippen molar-refractivity contribution in [3.05, 3.63) is 29.3 Å². The topological polar surface area (TPSA) is 41.6 Å². The van der Waals surface area contributed by atoms with Crippen LogP contribution in [0, 0.1) is 13.8 Å². The Morgan fingerprint density at radius 2 is 2.04 bits per heavy atom. The molecule has 0 saturated carbocycles. The fourth-order valence-electron chi connectivity index (χ4n) is 3.22. The van der Waals surface area contributed by atoms with Crippen molar-refractivity contribution in [3.63, 3.8) is 0 Å². The maximum atomic E-state index is 12.6. The molecule has 1 saturated heterocycles. The van der Waals surface area contributed by atoms with Gasteiger partial charge in [-0.2, -0.15) is 0 Å². The van der Waals surface area contributed by atoms with E-state index in [1.54, 1.807) is 0 Å². The Morgan fingerprint density at radius 3 is 2.70 bits per heavy atom. The molecule has 128 valence electrons. The highest BCUT2D eigenvalue weighted by atomic mass is 16.5. The number of carbonyl (C=O) groups is 1. The first-order valence-corrected chi connectivity index (χ1v) is 8.82. The minimum Gasteiger partial charge on any atom is -0.493 e. The van der Waals surface area contributed by atoms with Gasteiger partial charge in [-0.15, -0.1) is 0 Å². The molecule has 0 spiro atoms. The van der Waals surface area contributed by atoms with Crippen molar-refractivity contribution in [2.45, 2.75) is 52.5 Å². The molecule has 1 fully saturated rings. The van der Waals surface area contributed by atoms with Crippen molar-refractivity contribution in [1.29, 1.82) is 0 Å². The first-order chi connectivity index (χ1) is 11.1. The van der Waals surface area contributed by atoms with Crippen LogP contribution < -0.4 is 10.1 Å². The van der Waals surface area contributed by atoms with Crippen LogP contribution in [0.15, 0.2) is 18.2 Å². The molecule has 0 unspecified atom stereocenters. The molecule has 2 rings (SSSR count). The Bertz CT molecular complexity index is 510. The largest absolute Gasteiger partial charge is 0.493 e. The van der Waals surface area contributed by atoms with Crippen LogP contribution in [0.5, 0.6) is 5.75 Å². The number of piperidine rings is 1. The summed E-state index contributed by atoms with van der Waals surface area (Å²) in [5.74, 6) is 1.11. The molecular formula is C19H30N2O2. The number of hydrogen-bond acceptors (Lipinski definition) is 3. The standard InChI is InChI=1S/C19H30N2O2/c1-4-12-21(17-7-10-20-11-8-17)19(22)9-13-23-18-6-5-15(2)14-16(18)3/h5-6,14,17,20H,4,7-13H2,1-3H3. The van der Waals surface area contributed by atoms with E-state index in [2.05, 4.69) is 30.1 Å². The van der Waals surface area contributed by atoms with Crippen molar-refractivity contribution in [1.82, 2.24) is 10.2 Å². The number of nitrogens with one attached hydrogen (secondary N) is 1. The monoisotopic (exact) mass is 318 g/mol. The van der Waals surface area contributed by atoms with E-state index in [9.17, 15) is 4.79 Å². The summed E-state index contributed by atoms with van der Waals surface area (Å²) in [6, 6.07) is 6.54. The average molecular weight is 318 g/mol. The van der Waals surface area contributed by atoms with Gasteiger partial charge in [0.05, 0.1) is 13.0 Å². The van der Waals surface area contributed by atoms with Crippen LogP contribution in [0.3, 0.4) is 0 Å². The third-order valence-corrected chi connectivity index (χ3v) is 4.44. The molecule has 0 atom stereocenters. The second-order valence-electron chi connectivity index (χ2n) is 6.44. The first kappa shape index (κ1) is 17.8. The zero-order valence-corrected chi connectivity index (χ0v) is 14.7. The van der Waals surface area contributed by atoms with E-state index in [4.69, 9.17) is 4.74 Å². The zero-order valence-electron chi connectivity index (χ0n) is 14.7. The third-order valence-electron chi connectivity index (χ3n) is 4.44. The highest BCUT2D eigenvalue weighted by Gasteiger charge is 2.24. The average Bonchev–Trinajstić information content (AvgIpc) is 2.55. The van der Waals surface area contributed by atoms with Crippen molar-refractivity contribution >= 4 is 5.91 Å². The number of carbonyl (C=O) groups excluding carboxylic acids is 1. The molecule has 4 heteroatoms. The highest BCUT2D eigenvalue weighted by molar-refractivity contribution is 5.76. The normalized spacial score (nSPS) is 15.4. The number of rotatable bonds is 7. The van der Waals surface area contributed by atoms with Gasteiger partial charge >= 0.3 is 0 Å². The molecule has 23 heavy (non-hydrogen) atoms. The van der Waals surface area contributed by atoms with Gasteiger partial charge < -0.3 is 15.0 Å². The highest BCUT2D eigenvalue weighted by Crippen LogP contribution is 2.19. The van der Waals surface area contributed by atoms with Gasteiger partial charge in [-0.1, -0.05) is 24.6 Å². The van der Waals surface area contributed by atoms with E-state index in [0.29, 0.717) is 19.1 Å². The van der Waals surface area contributed by atoms with E-state index in [1.807, 2.05) is 19.1 Å². The van der Waals surface area contributed by atoms with Gasteiger partial charge in [0.1, 0.15) is 5.75 Å². The van der Waals surface area contributed by atoms with Crippen LogP contribution in [0.4, 0.5) is 0 Å². The molecule has 1 heterocycles. The Labute approximate surface area is 140 Å². The lowest BCUT2D eigenvalue weighted by Crippen LogP contribution is -2.46. The van der Waals surface area contributed by atoms with Crippen LogP contribution in [-0.4, -0.2) is 43.1 Å². The van der Waals surface area contributed by atoms with Gasteiger partial charge in [-0.25, -0.2) is 0 Å². The van der Waals surface area contributed by atoms with Crippen LogP contribution in [0.25, 0.3) is 0 Å². The lowest BCUT2D eigenvalue weighted by molar-refractivity contribution is -0.134. The van der Waals surface area contributed by atoms with Crippen molar-refractivity contribution < 1.29 is 9.53 Å². The molecule has 1 aliphatic heterocycles. The summed E-state index contributed by atoms with van der Waals surface area (Å²) in [5, 5.41) is 3.36. The predicted octanol–water partition coefficient (Wildman–Crippen LogP) is 3.06. The summed E-state index contributed by atoms with van der Waals surface area (Å²) in [4.78, 5) is 14.7. The van der Waals surface area contributed by atoms with Gasteiger partial charge in [-0.05, 0) is 57.8 Å². The van der Waals surface area contributed by atoms with E-state index in [1.165, 1.54) is 5.56 Å². The Balaban J connectivity index is 1.85. The molecule has 1 aromatic rings. The molecule has 1 N–H and O–H groups in total. The minimum absolute atomic E-state index is 0.225. The molecule has 1 amide bonds. The van der Waals surface area contributed by atoms with Gasteiger partial charge in [0.15, 0.2) is 0 Å². The van der Waals surface area contributed by atoms with Gasteiger partial charge in [-0.3, -0.25) is 4.79 Å². The number of nitrogens with zero attached hydrogens (tertiary/aromatic N) is 1. The summed E-state index contributed by atoms with van der Waals surface area (Å²) in [6.45, 7) is 9.58. The summed E-state index contributed by atoms with van der Waals surface area (Å²) >= 11 is 0. The van der Waals surface area contributed by atoms with E-state index in [-0.39, 0.29) is 5.91 Å². The van der Waals surface area contributed by atoms with Crippen LogP contribution >= 0.6 is 0 Å². The number of amides is 1. The smallest absolute Gasteiger partial charge is 0.226 e. The Kier molecular flexibility index (Phi) is 6.90. The lowest BCUT2D eigenvalue weighted by atomic mass is 10.0. The molecular weight excluding hydrogens is 288 g/mol. The summed E-state index contributed by atoms with van der Waals surface area (Å²) < 4.78 is 5.82. The molecule has 0 aromatic heterocycles. The van der Waals surface area contributed by atoms with Crippen LogP contribution in [-0.2, 0) is 4.79 Å². The fraction of sp³-hybridized carbons (Fsp3) is 0.632. The quantitative estimate of drug-likeness (QED) is 0.840. The van der Waals surface area contributed by atoms with E-state index >= 15 is 0 Å². The summed E-state index contributed by atoms with van der Waals surface area (Å²) in [7, 11) is 0. The zero-order chi connectivity index (χ0) is 16.7. The van der Waals surface area contributed by atoms with Crippen molar-refractivity contribution in [2.75, 3.05) is 26.2 Å². The summed E-state index contributed by atoms with van der Waals surface area (Å²) in [5.41, 5.74) is 2.35. The fourth-order valence-corrected chi connectivity index (χ4v) is 3.22. The third kappa shape index (κ3) is 5.24. The second-order valence-corrected chi connectivity index (χ2v) is 6.44. The lowest BCUT2D eigenvalue weighted by Gasteiger charge is -2.34. The second kappa shape index (κ2) is 8.92. The molecule has 0 aliphatic carbocycles. The van der Waals surface area contributed by atoms with E-state index in [0.717, 1.165) is 50.2 Å². The Hall–Kier alpha value is -1.55. The van der Waals surface area contributed by atoms with Crippen molar-refractivity contribution in [3.8, 4) is 5.75 Å². The number of hydrogen-bond donors (Lipinski definition) is 1. The SMILES string of the molecule is CCCN(C(=O)CCOc1ccc(C)cc1C)C1CCNCC1. The Morgan fingerprint density at radius 1 is 1.30 bits per heavy atom. The van der Waals surface area contributed by atoms with E-state index < -0.39 is 0 Å². The van der Waals surface area contributed by atoms with Gasteiger partial charge in [0.2, 0.25) is 5.91 Å². The number of ether oxygens (including phenoxy) is 1. The van der Waals surface area contributed by atoms with Crippen molar-refractivity contribution in [2.24, 2.45) is 0 Å². The number of benzene rings is 1. The molecule has 0 bridgehead atoms. The maximum absolute atomic E-state index is 12.6. The minimum atomic E-state index is 0.225. The number of aryl methyl sites for hydroxylation is 2. The molecule has 4 nitrogen and oxygen atoms in total. The van der Waals surface area contributed by atoms with Gasteiger partial charge in [0.25, 0.3) is 0 Å². The predicted molar refractivity (Wildman–Crippen MR) is 93.9 cm³/mol.